The highest BCUT2D eigenvalue weighted by atomic mass is 15.5. The maximum absolute atomic E-state index is 5.18. The SMILES string of the molecule is CCC(C)C(=N/C(=C/c1ccc(Cc2nn[nH]n2)cc1)c1ccncc1)c1ccccc1. The van der Waals surface area contributed by atoms with Crippen molar-refractivity contribution in [2.24, 2.45) is 10.9 Å². The number of rotatable bonds is 8. The van der Waals surface area contributed by atoms with Crippen LogP contribution in [-0.4, -0.2) is 31.3 Å². The lowest BCUT2D eigenvalue weighted by atomic mass is 9.95. The van der Waals surface area contributed by atoms with Gasteiger partial charge in [-0.25, -0.2) is 0 Å². The summed E-state index contributed by atoms with van der Waals surface area (Å²) >= 11 is 0. The molecule has 0 aliphatic heterocycles. The third-order valence-corrected chi connectivity index (χ3v) is 5.40. The predicted molar refractivity (Wildman–Crippen MR) is 128 cm³/mol. The summed E-state index contributed by atoms with van der Waals surface area (Å²) < 4.78 is 0. The van der Waals surface area contributed by atoms with Crippen LogP contribution in [0.4, 0.5) is 0 Å². The molecule has 0 radical (unpaired) electrons. The van der Waals surface area contributed by atoms with Crippen molar-refractivity contribution in [2.75, 3.05) is 0 Å². The molecule has 1 atom stereocenters. The molecular weight excluding hydrogens is 396 g/mol. The average molecular weight is 423 g/mol. The molecule has 0 bridgehead atoms. The van der Waals surface area contributed by atoms with E-state index in [1.807, 2.05) is 18.2 Å². The van der Waals surface area contributed by atoms with Crippen LogP contribution >= 0.6 is 0 Å². The number of benzene rings is 2. The van der Waals surface area contributed by atoms with Gasteiger partial charge in [0.1, 0.15) is 0 Å². The van der Waals surface area contributed by atoms with Gasteiger partial charge < -0.3 is 0 Å². The minimum Gasteiger partial charge on any atom is -0.265 e. The highest BCUT2D eigenvalue weighted by Crippen LogP contribution is 2.24. The number of tetrazole rings is 1. The molecule has 0 fully saturated rings. The first-order valence-electron chi connectivity index (χ1n) is 10.8. The van der Waals surface area contributed by atoms with Crippen LogP contribution in [0.5, 0.6) is 0 Å². The van der Waals surface area contributed by atoms with E-state index in [-0.39, 0.29) is 0 Å². The molecule has 2 aromatic heterocycles. The van der Waals surface area contributed by atoms with Gasteiger partial charge >= 0.3 is 0 Å². The summed E-state index contributed by atoms with van der Waals surface area (Å²) in [5, 5.41) is 14.2. The van der Waals surface area contributed by atoms with Crippen molar-refractivity contribution in [3.63, 3.8) is 0 Å². The maximum Gasteiger partial charge on any atom is 0.178 e. The minimum atomic E-state index is 0.333. The monoisotopic (exact) mass is 422 g/mol. The van der Waals surface area contributed by atoms with E-state index in [4.69, 9.17) is 4.99 Å². The van der Waals surface area contributed by atoms with Gasteiger partial charge in [0.2, 0.25) is 0 Å². The Balaban J connectivity index is 1.72. The van der Waals surface area contributed by atoms with E-state index < -0.39 is 0 Å². The number of hydrogen-bond acceptors (Lipinski definition) is 5. The average Bonchev–Trinajstić information content (AvgIpc) is 3.36. The number of nitrogens with zero attached hydrogens (tertiary/aromatic N) is 5. The molecule has 0 spiro atoms. The fourth-order valence-electron chi connectivity index (χ4n) is 3.42. The van der Waals surface area contributed by atoms with E-state index in [1.54, 1.807) is 12.4 Å². The van der Waals surface area contributed by atoms with Crippen molar-refractivity contribution in [1.82, 2.24) is 25.6 Å². The summed E-state index contributed by atoms with van der Waals surface area (Å²) in [6, 6.07) is 22.8. The van der Waals surface area contributed by atoms with E-state index >= 15 is 0 Å². The van der Waals surface area contributed by atoms with Gasteiger partial charge in [0, 0.05) is 24.4 Å². The Morgan fingerprint density at radius 3 is 2.38 bits per heavy atom. The standard InChI is InChI=1S/C26H26N6/c1-3-19(2)26(23-7-5-4-6-8-23)28-24(22-13-15-27-16-14-22)17-20-9-11-21(12-10-20)18-25-29-31-32-30-25/h4-17,19H,3,18H2,1-2H3,(H,29,30,31,32)/b24-17+,28-26?. The Hall–Kier alpha value is -3.93. The molecule has 0 aliphatic carbocycles. The normalized spacial score (nSPS) is 13.2. The number of H-pyrrole nitrogens is 1. The largest absolute Gasteiger partial charge is 0.265 e. The Morgan fingerprint density at radius 2 is 1.72 bits per heavy atom. The van der Waals surface area contributed by atoms with Crippen LogP contribution in [0.25, 0.3) is 11.8 Å². The molecule has 6 heteroatoms. The first kappa shape index (κ1) is 21.3. The first-order chi connectivity index (χ1) is 15.7. The summed E-state index contributed by atoms with van der Waals surface area (Å²) in [5.41, 5.74) is 6.39. The second kappa shape index (κ2) is 10.4. The van der Waals surface area contributed by atoms with Gasteiger partial charge in [0.25, 0.3) is 0 Å². The zero-order valence-corrected chi connectivity index (χ0v) is 18.3. The molecule has 32 heavy (non-hydrogen) atoms. The zero-order chi connectivity index (χ0) is 22.2. The minimum absolute atomic E-state index is 0.333. The van der Waals surface area contributed by atoms with Crippen LogP contribution in [0.1, 0.15) is 48.3 Å². The molecule has 160 valence electrons. The lowest BCUT2D eigenvalue weighted by molar-refractivity contribution is 0.740. The maximum atomic E-state index is 5.18. The predicted octanol–water partition coefficient (Wildman–Crippen LogP) is 5.22. The topological polar surface area (TPSA) is 79.7 Å². The smallest absolute Gasteiger partial charge is 0.178 e. The van der Waals surface area contributed by atoms with Gasteiger partial charge in [-0.3, -0.25) is 9.98 Å². The van der Waals surface area contributed by atoms with E-state index in [0.29, 0.717) is 18.2 Å². The third kappa shape index (κ3) is 5.40. The molecular formula is C26H26N6. The molecule has 2 heterocycles. The number of nitrogens with one attached hydrogen (secondary N) is 1. The fourth-order valence-corrected chi connectivity index (χ4v) is 3.42. The van der Waals surface area contributed by atoms with Crippen LogP contribution in [0, 0.1) is 5.92 Å². The lowest BCUT2D eigenvalue weighted by Crippen LogP contribution is -2.12. The van der Waals surface area contributed by atoms with Crippen molar-refractivity contribution < 1.29 is 0 Å². The molecule has 1 unspecified atom stereocenters. The molecule has 0 amide bonds. The summed E-state index contributed by atoms with van der Waals surface area (Å²) in [5.74, 6) is 1.01. The molecule has 1 N–H and O–H groups in total. The van der Waals surface area contributed by atoms with Crippen molar-refractivity contribution in [2.45, 2.75) is 26.7 Å². The third-order valence-electron chi connectivity index (χ3n) is 5.40. The van der Waals surface area contributed by atoms with Crippen molar-refractivity contribution in [1.29, 1.82) is 0 Å². The zero-order valence-electron chi connectivity index (χ0n) is 18.3. The van der Waals surface area contributed by atoms with E-state index in [9.17, 15) is 0 Å². The second-order valence-electron chi connectivity index (χ2n) is 7.68. The summed E-state index contributed by atoms with van der Waals surface area (Å²) in [4.78, 5) is 9.36. The molecule has 2 aromatic carbocycles. The van der Waals surface area contributed by atoms with Crippen LogP contribution < -0.4 is 0 Å². The fraction of sp³-hybridized carbons (Fsp3) is 0.192. The summed E-state index contributed by atoms with van der Waals surface area (Å²) in [7, 11) is 0. The highest BCUT2D eigenvalue weighted by molar-refractivity contribution is 6.05. The Bertz CT molecular complexity index is 1160. The van der Waals surface area contributed by atoms with Gasteiger partial charge in [-0.1, -0.05) is 73.7 Å². The molecule has 0 aliphatic rings. The van der Waals surface area contributed by atoms with Gasteiger partial charge in [0.15, 0.2) is 5.82 Å². The van der Waals surface area contributed by atoms with E-state index in [1.165, 1.54) is 0 Å². The molecule has 0 saturated carbocycles. The van der Waals surface area contributed by atoms with Crippen LogP contribution in [0.15, 0.2) is 84.1 Å². The molecule has 4 aromatic rings. The molecule has 0 saturated heterocycles. The lowest BCUT2D eigenvalue weighted by Gasteiger charge is -2.15. The first-order valence-corrected chi connectivity index (χ1v) is 10.8. The summed E-state index contributed by atoms with van der Waals surface area (Å²) in [6.07, 6.45) is 7.39. The van der Waals surface area contributed by atoms with Gasteiger partial charge in [0.05, 0.1) is 11.4 Å². The number of aromatic nitrogens is 5. The van der Waals surface area contributed by atoms with Gasteiger partial charge in [-0.2, -0.15) is 5.21 Å². The van der Waals surface area contributed by atoms with Crippen LogP contribution in [0.3, 0.4) is 0 Å². The molecule has 4 rings (SSSR count). The number of pyridine rings is 1. The Morgan fingerprint density at radius 1 is 0.969 bits per heavy atom. The van der Waals surface area contributed by atoms with Crippen molar-refractivity contribution >= 4 is 17.5 Å². The highest BCUT2D eigenvalue weighted by Gasteiger charge is 2.13. The quantitative estimate of drug-likeness (QED) is 0.395. The number of aliphatic imine (C=N–C) groups is 1. The van der Waals surface area contributed by atoms with E-state index in [2.05, 4.69) is 94.1 Å². The van der Waals surface area contributed by atoms with Crippen LogP contribution in [0.2, 0.25) is 0 Å². The van der Waals surface area contributed by atoms with E-state index in [0.717, 1.165) is 40.1 Å². The number of aromatic amines is 1. The Labute approximate surface area is 188 Å². The van der Waals surface area contributed by atoms with Gasteiger partial charge in [-0.15, -0.1) is 10.2 Å². The van der Waals surface area contributed by atoms with Crippen LogP contribution in [-0.2, 0) is 6.42 Å². The summed E-state index contributed by atoms with van der Waals surface area (Å²) in [6.45, 7) is 4.42. The van der Waals surface area contributed by atoms with Gasteiger partial charge in [-0.05, 0) is 47.2 Å². The Kier molecular flexibility index (Phi) is 6.92. The van der Waals surface area contributed by atoms with Crippen molar-refractivity contribution in [3.8, 4) is 0 Å². The van der Waals surface area contributed by atoms with Crippen molar-refractivity contribution in [3.05, 3.63) is 107 Å². The second-order valence-corrected chi connectivity index (χ2v) is 7.68. The molecule has 6 nitrogen and oxygen atoms in total. The number of hydrogen-bond donors (Lipinski definition) is 1.